The van der Waals surface area contributed by atoms with E-state index in [2.05, 4.69) is 0 Å². The number of carbonyl (C=O) groups excluding carboxylic acids is 3. The van der Waals surface area contributed by atoms with Crippen LogP contribution in [0.1, 0.15) is 18.9 Å². The Kier molecular flexibility index (Phi) is 6.32. The molecule has 0 aromatic heterocycles. The summed E-state index contributed by atoms with van der Waals surface area (Å²) in [4.78, 5) is 42.0. The van der Waals surface area contributed by atoms with Gasteiger partial charge in [0.25, 0.3) is 0 Å². The van der Waals surface area contributed by atoms with Gasteiger partial charge in [0.05, 0.1) is 12.5 Å². The maximum absolute atomic E-state index is 12.8. The van der Waals surface area contributed by atoms with E-state index in [1.807, 2.05) is 30.3 Å². The zero-order valence-electron chi connectivity index (χ0n) is 15.8. The van der Waals surface area contributed by atoms with Crippen LogP contribution in [0.4, 0.5) is 4.79 Å². The number of nitrogens with zero attached hydrogens (tertiary/aromatic N) is 3. The van der Waals surface area contributed by atoms with Crippen molar-refractivity contribution in [2.24, 2.45) is 5.92 Å². The lowest BCUT2D eigenvalue weighted by atomic mass is 10.1. The summed E-state index contributed by atoms with van der Waals surface area (Å²) >= 11 is 0. The van der Waals surface area contributed by atoms with Gasteiger partial charge in [-0.25, -0.2) is 4.79 Å². The second kappa shape index (κ2) is 8.88. The highest BCUT2D eigenvalue weighted by atomic mass is 16.6. The van der Waals surface area contributed by atoms with Gasteiger partial charge >= 0.3 is 6.09 Å². The maximum Gasteiger partial charge on any atom is 0.409 e. The monoisotopic (exact) mass is 373 g/mol. The van der Waals surface area contributed by atoms with E-state index in [0.29, 0.717) is 45.9 Å². The van der Waals surface area contributed by atoms with Gasteiger partial charge in [-0.15, -0.1) is 0 Å². The first-order valence-corrected chi connectivity index (χ1v) is 9.60. The van der Waals surface area contributed by atoms with Crippen molar-refractivity contribution in [1.82, 2.24) is 14.7 Å². The van der Waals surface area contributed by atoms with Crippen LogP contribution in [0.2, 0.25) is 0 Å². The van der Waals surface area contributed by atoms with Gasteiger partial charge in [0.15, 0.2) is 0 Å². The highest BCUT2D eigenvalue weighted by Gasteiger charge is 2.37. The Morgan fingerprint density at radius 3 is 2.41 bits per heavy atom. The molecule has 0 radical (unpaired) electrons. The number of rotatable bonds is 5. The van der Waals surface area contributed by atoms with Crippen LogP contribution >= 0.6 is 0 Å². The molecule has 2 aliphatic heterocycles. The molecule has 7 heteroatoms. The van der Waals surface area contributed by atoms with E-state index in [0.717, 1.165) is 6.42 Å². The van der Waals surface area contributed by atoms with Crippen molar-refractivity contribution in [3.63, 3.8) is 0 Å². The van der Waals surface area contributed by atoms with Gasteiger partial charge in [-0.2, -0.15) is 0 Å². The Balaban J connectivity index is 1.47. The summed E-state index contributed by atoms with van der Waals surface area (Å²) in [5.41, 5.74) is 1.19. The highest BCUT2D eigenvalue weighted by Crippen LogP contribution is 2.21. The second-order valence-corrected chi connectivity index (χ2v) is 6.99. The molecule has 146 valence electrons. The van der Waals surface area contributed by atoms with Gasteiger partial charge in [0, 0.05) is 45.7 Å². The van der Waals surface area contributed by atoms with Crippen molar-refractivity contribution in [1.29, 1.82) is 0 Å². The minimum absolute atomic E-state index is 0.0223. The summed E-state index contributed by atoms with van der Waals surface area (Å²) in [5.74, 6) is -0.203. The molecule has 1 unspecified atom stereocenters. The number of benzene rings is 1. The molecular weight excluding hydrogens is 346 g/mol. The fourth-order valence-electron chi connectivity index (χ4n) is 3.64. The normalized spacial score (nSPS) is 20.1. The maximum atomic E-state index is 12.8. The quantitative estimate of drug-likeness (QED) is 0.782. The summed E-state index contributed by atoms with van der Waals surface area (Å²) in [5, 5.41) is 0. The van der Waals surface area contributed by atoms with Crippen LogP contribution in [0, 0.1) is 5.92 Å². The fraction of sp³-hybridized carbons (Fsp3) is 0.550. The SMILES string of the molecule is CCOC(=O)N1CCN(C(=O)C2CC(=O)N(CCc3ccccc3)C2)CC1. The Morgan fingerprint density at radius 1 is 1.07 bits per heavy atom. The third-order valence-corrected chi connectivity index (χ3v) is 5.19. The fourth-order valence-corrected chi connectivity index (χ4v) is 3.64. The number of carbonyl (C=O) groups is 3. The topological polar surface area (TPSA) is 70.2 Å². The summed E-state index contributed by atoms with van der Waals surface area (Å²) in [6, 6.07) is 10.0. The highest BCUT2D eigenvalue weighted by molar-refractivity contribution is 5.89. The van der Waals surface area contributed by atoms with Crippen LogP contribution in [-0.4, -0.2) is 78.5 Å². The first kappa shape index (κ1) is 19.2. The van der Waals surface area contributed by atoms with Gasteiger partial charge in [-0.1, -0.05) is 30.3 Å². The molecule has 0 saturated carbocycles. The molecule has 0 bridgehead atoms. The Hall–Kier alpha value is -2.57. The minimum atomic E-state index is -0.326. The van der Waals surface area contributed by atoms with Crippen LogP contribution in [0.5, 0.6) is 0 Å². The molecule has 2 aliphatic rings. The van der Waals surface area contributed by atoms with Gasteiger partial charge in [-0.05, 0) is 18.9 Å². The number of hydrogen-bond acceptors (Lipinski definition) is 4. The lowest BCUT2D eigenvalue weighted by molar-refractivity contribution is -0.137. The first-order chi connectivity index (χ1) is 13.1. The molecule has 1 atom stereocenters. The second-order valence-electron chi connectivity index (χ2n) is 6.99. The molecule has 1 aromatic rings. The molecule has 0 spiro atoms. The van der Waals surface area contributed by atoms with Crippen molar-refractivity contribution in [2.75, 3.05) is 45.9 Å². The largest absolute Gasteiger partial charge is 0.450 e. The molecule has 0 N–H and O–H groups in total. The number of likely N-dealkylation sites (tertiary alicyclic amines) is 1. The molecule has 2 heterocycles. The Morgan fingerprint density at radius 2 is 1.74 bits per heavy atom. The van der Waals surface area contributed by atoms with E-state index in [1.165, 1.54) is 5.56 Å². The van der Waals surface area contributed by atoms with Crippen LogP contribution in [-0.2, 0) is 20.7 Å². The molecule has 2 saturated heterocycles. The zero-order valence-corrected chi connectivity index (χ0v) is 15.8. The van der Waals surface area contributed by atoms with Crippen LogP contribution in [0.3, 0.4) is 0 Å². The van der Waals surface area contributed by atoms with Crippen LogP contribution in [0.15, 0.2) is 30.3 Å². The Labute approximate surface area is 159 Å². The molecule has 3 rings (SSSR count). The van der Waals surface area contributed by atoms with E-state index in [1.54, 1.807) is 21.6 Å². The van der Waals surface area contributed by atoms with Crippen LogP contribution < -0.4 is 0 Å². The van der Waals surface area contributed by atoms with E-state index < -0.39 is 0 Å². The number of amides is 3. The van der Waals surface area contributed by atoms with Gasteiger partial charge in [-0.3, -0.25) is 9.59 Å². The lowest BCUT2D eigenvalue weighted by Crippen LogP contribution is -2.52. The van der Waals surface area contributed by atoms with E-state index in [9.17, 15) is 14.4 Å². The minimum Gasteiger partial charge on any atom is -0.450 e. The number of ether oxygens (including phenoxy) is 1. The standard InChI is InChI=1S/C20H27N3O4/c1-2-27-20(26)22-12-10-21(11-13-22)19(25)17-14-18(24)23(15-17)9-8-16-6-4-3-5-7-16/h3-7,17H,2,8-15H2,1H3. The van der Waals surface area contributed by atoms with Crippen molar-refractivity contribution in [2.45, 2.75) is 19.8 Å². The smallest absolute Gasteiger partial charge is 0.409 e. The van der Waals surface area contributed by atoms with Crippen LogP contribution in [0.25, 0.3) is 0 Å². The van der Waals surface area contributed by atoms with Crippen molar-refractivity contribution in [3.8, 4) is 0 Å². The van der Waals surface area contributed by atoms with Crippen molar-refractivity contribution >= 4 is 17.9 Å². The summed E-state index contributed by atoms with van der Waals surface area (Å²) < 4.78 is 5.00. The van der Waals surface area contributed by atoms with Gasteiger partial charge in [0.2, 0.25) is 11.8 Å². The van der Waals surface area contributed by atoms with E-state index in [4.69, 9.17) is 4.74 Å². The van der Waals surface area contributed by atoms with E-state index in [-0.39, 0.29) is 30.2 Å². The predicted molar refractivity (Wildman–Crippen MR) is 100 cm³/mol. The molecule has 0 aliphatic carbocycles. The summed E-state index contributed by atoms with van der Waals surface area (Å²) in [6.45, 7) is 5.19. The third-order valence-electron chi connectivity index (χ3n) is 5.19. The Bertz CT molecular complexity index is 671. The van der Waals surface area contributed by atoms with E-state index >= 15 is 0 Å². The zero-order chi connectivity index (χ0) is 19.2. The third kappa shape index (κ3) is 4.78. The number of hydrogen-bond donors (Lipinski definition) is 0. The predicted octanol–water partition coefficient (Wildman–Crippen LogP) is 1.38. The summed E-state index contributed by atoms with van der Waals surface area (Å²) in [6.07, 6.45) is 0.755. The molecule has 27 heavy (non-hydrogen) atoms. The molecule has 7 nitrogen and oxygen atoms in total. The average molecular weight is 373 g/mol. The van der Waals surface area contributed by atoms with Crippen molar-refractivity contribution in [3.05, 3.63) is 35.9 Å². The first-order valence-electron chi connectivity index (χ1n) is 9.60. The molecular formula is C20H27N3O4. The molecule has 1 aromatic carbocycles. The van der Waals surface area contributed by atoms with Gasteiger partial charge in [0.1, 0.15) is 0 Å². The molecule has 3 amide bonds. The summed E-state index contributed by atoms with van der Waals surface area (Å²) in [7, 11) is 0. The number of piperazine rings is 1. The van der Waals surface area contributed by atoms with Gasteiger partial charge < -0.3 is 19.4 Å². The lowest BCUT2D eigenvalue weighted by Gasteiger charge is -2.35. The molecule has 2 fully saturated rings. The van der Waals surface area contributed by atoms with Crippen molar-refractivity contribution < 1.29 is 19.1 Å². The average Bonchev–Trinajstić information content (AvgIpc) is 3.07.